The minimum atomic E-state index is -4.43. The Morgan fingerprint density at radius 1 is 1.11 bits per heavy atom. The van der Waals surface area contributed by atoms with Crippen LogP contribution in [0.5, 0.6) is 0 Å². The maximum absolute atomic E-state index is 13.3. The van der Waals surface area contributed by atoms with E-state index < -0.39 is 17.7 Å². The van der Waals surface area contributed by atoms with E-state index in [0.717, 1.165) is 18.2 Å². The zero-order valence-corrected chi connectivity index (χ0v) is 15.7. The van der Waals surface area contributed by atoms with Crippen molar-refractivity contribution in [3.63, 3.8) is 0 Å². The molecule has 2 atom stereocenters. The summed E-state index contributed by atoms with van der Waals surface area (Å²) in [6.07, 6.45) is -4.43. The van der Waals surface area contributed by atoms with Crippen molar-refractivity contribution in [2.45, 2.75) is 12.1 Å². The number of nitrogens with one attached hydrogen (secondary N) is 1. The molecule has 1 saturated heterocycles. The third-order valence-corrected chi connectivity index (χ3v) is 5.12. The van der Waals surface area contributed by atoms with Crippen LogP contribution in [0.25, 0.3) is 11.1 Å². The maximum Gasteiger partial charge on any atom is 0.416 e. The first-order valence-electron chi connectivity index (χ1n) is 8.94. The number of carbonyl (C=O) groups is 1. The van der Waals surface area contributed by atoms with Crippen molar-refractivity contribution in [2.75, 3.05) is 33.9 Å². The number of hydrogen-bond donors (Lipinski definition) is 1. The van der Waals surface area contributed by atoms with E-state index in [1.54, 1.807) is 37.4 Å². The lowest BCUT2D eigenvalue weighted by molar-refractivity contribution is -0.137. The Morgan fingerprint density at radius 2 is 1.82 bits per heavy atom. The van der Waals surface area contributed by atoms with E-state index in [1.165, 1.54) is 13.2 Å². The van der Waals surface area contributed by atoms with Crippen LogP contribution in [0.2, 0.25) is 0 Å². The van der Waals surface area contributed by atoms with Gasteiger partial charge in [-0.25, -0.2) is 4.79 Å². The highest BCUT2D eigenvalue weighted by molar-refractivity contribution is 5.90. The summed E-state index contributed by atoms with van der Waals surface area (Å²) in [4.78, 5) is 11.6. The minimum absolute atomic E-state index is 0.0394. The van der Waals surface area contributed by atoms with Crippen molar-refractivity contribution in [3.05, 3.63) is 59.2 Å². The first-order chi connectivity index (χ1) is 13.3. The minimum Gasteiger partial charge on any atom is -0.465 e. The highest BCUT2D eigenvalue weighted by atomic mass is 19.4. The Kier molecular flexibility index (Phi) is 6.05. The summed E-state index contributed by atoms with van der Waals surface area (Å²) >= 11 is 0. The van der Waals surface area contributed by atoms with E-state index in [2.05, 4.69) is 10.1 Å². The van der Waals surface area contributed by atoms with E-state index >= 15 is 0 Å². The summed E-state index contributed by atoms with van der Waals surface area (Å²) in [6.45, 7) is 1.95. The van der Waals surface area contributed by atoms with Crippen LogP contribution in [0.4, 0.5) is 13.2 Å². The van der Waals surface area contributed by atoms with E-state index in [4.69, 9.17) is 4.74 Å². The SMILES string of the molecule is COC[C@H]1CNC[C@@H]1c1ccc(C(F)(F)F)cc1-c1ccc(C(=O)OC)cc1. The maximum atomic E-state index is 13.3. The smallest absolute Gasteiger partial charge is 0.416 e. The molecular weight excluding hydrogens is 371 g/mol. The quantitative estimate of drug-likeness (QED) is 0.777. The zero-order chi connectivity index (χ0) is 20.3. The predicted molar refractivity (Wildman–Crippen MR) is 99.2 cm³/mol. The molecule has 1 aliphatic rings. The number of methoxy groups -OCH3 is 2. The molecule has 4 nitrogen and oxygen atoms in total. The highest BCUT2D eigenvalue weighted by Gasteiger charge is 2.34. The van der Waals surface area contributed by atoms with Crippen molar-refractivity contribution in [1.82, 2.24) is 5.32 Å². The summed E-state index contributed by atoms with van der Waals surface area (Å²) in [5, 5.41) is 3.30. The third-order valence-electron chi connectivity index (χ3n) is 5.12. The fourth-order valence-corrected chi connectivity index (χ4v) is 3.70. The number of ether oxygens (including phenoxy) is 2. The molecule has 1 fully saturated rings. The van der Waals surface area contributed by atoms with Gasteiger partial charge in [-0.15, -0.1) is 0 Å². The summed E-state index contributed by atoms with van der Waals surface area (Å²) in [5.74, 6) is -0.275. The van der Waals surface area contributed by atoms with Gasteiger partial charge in [0.15, 0.2) is 0 Å². The monoisotopic (exact) mass is 393 g/mol. The van der Waals surface area contributed by atoms with E-state index in [0.29, 0.717) is 29.8 Å². The van der Waals surface area contributed by atoms with Crippen LogP contribution in [0.1, 0.15) is 27.4 Å². The molecule has 2 aromatic rings. The average Bonchev–Trinajstić information content (AvgIpc) is 3.14. The Balaban J connectivity index is 2.07. The second-order valence-electron chi connectivity index (χ2n) is 6.85. The molecule has 1 aliphatic heterocycles. The Hall–Kier alpha value is -2.38. The topological polar surface area (TPSA) is 47.6 Å². The predicted octanol–water partition coefficient (Wildman–Crippen LogP) is 4.11. The molecule has 2 aromatic carbocycles. The van der Waals surface area contributed by atoms with Crippen LogP contribution < -0.4 is 5.32 Å². The molecule has 150 valence electrons. The summed E-state index contributed by atoms with van der Waals surface area (Å²) in [6, 6.07) is 10.3. The number of esters is 1. The number of benzene rings is 2. The van der Waals surface area contributed by atoms with Gasteiger partial charge in [-0.3, -0.25) is 0 Å². The van der Waals surface area contributed by atoms with Gasteiger partial charge in [-0.05, 0) is 41.0 Å². The number of hydrogen-bond acceptors (Lipinski definition) is 4. The lowest BCUT2D eigenvalue weighted by atomic mass is 9.83. The summed E-state index contributed by atoms with van der Waals surface area (Å²) < 4.78 is 49.9. The first kappa shape index (κ1) is 20.4. The number of rotatable bonds is 5. The van der Waals surface area contributed by atoms with Gasteiger partial charge >= 0.3 is 12.1 Å². The fourth-order valence-electron chi connectivity index (χ4n) is 3.70. The van der Waals surface area contributed by atoms with Crippen LogP contribution in [-0.2, 0) is 15.7 Å². The van der Waals surface area contributed by atoms with Gasteiger partial charge in [0.2, 0.25) is 0 Å². The fraction of sp³-hybridized carbons (Fsp3) is 0.381. The molecule has 0 saturated carbocycles. The molecule has 3 rings (SSSR count). The molecule has 7 heteroatoms. The Bertz CT molecular complexity index is 834. The van der Waals surface area contributed by atoms with E-state index in [1.807, 2.05) is 0 Å². The normalized spacial score (nSPS) is 19.6. The number of alkyl halides is 3. The average molecular weight is 393 g/mol. The van der Waals surface area contributed by atoms with Gasteiger partial charge < -0.3 is 14.8 Å². The van der Waals surface area contributed by atoms with Crippen molar-refractivity contribution in [3.8, 4) is 11.1 Å². The van der Waals surface area contributed by atoms with Gasteiger partial charge in [0.05, 0.1) is 24.8 Å². The lowest BCUT2D eigenvalue weighted by Crippen LogP contribution is -2.17. The van der Waals surface area contributed by atoms with E-state index in [9.17, 15) is 18.0 Å². The van der Waals surface area contributed by atoms with Gasteiger partial charge in [-0.2, -0.15) is 13.2 Å². The molecule has 1 heterocycles. The van der Waals surface area contributed by atoms with Crippen LogP contribution in [0.15, 0.2) is 42.5 Å². The second-order valence-corrected chi connectivity index (χ2v) is 6.85. The third kappa shape index (κ3) is 4.20. The summed E-state index contributed by atoms with van der Waals surface area (Å²) in [7, 11) is 2.90. The molecule has 0 unspecified atom stereocenters. The molecule has 0 bridgehead atoms. The first-order valence-corrected chi connectivity index (χ1v) is 8.94. The van der Waals surface area contributed by atoms with Crippen molar-refractivity contribution < 1.29 is 27.4 Å². The van der Waals surface area contributed by atoms with Crippen LogP contribution in [-0.4, -0.2) is 39.9 Å². The van der Waals surface area contributed by atoms with Gasteiger partial charge in [0.25, 0.3) is 0 Å². The van der Waals surface area contributed by atoms with E-state index in [-0.39, 0.29) is 11.8 Å². The van der Waals surface area contributed by atoms with Crippen molar-refractivity contribution >= 4 is 5.97 Å². The molecule has 28 heavy (non-hydrogen) atoms. The number of carbonyl (C=O) groups excluding carboxylic acids is 1. The van der Waals surface area contributed by atoms with Gasteiger partial charge in [0, 0.05) is 32.0 Å². The molecule has 0 amide bonds. The lowest BCUT2D eigenvalue weighted by Gasteiger charge is -2.22. The standard InChI is InChI=1S/C21H22F3NO3/c1-27-12-15-10-25-11-19(15)17-8-7-16(21(22,23)24)9-18(17)13-3-5-14(6-4-13)20(26)28-2/h3-9,15,19,25H,10-12H2,1-2H3/t15-,19+/m1/s1. The highest BCUT2D eigenvalue weighted by Crippen LogP contribution is 2.39. The largest absolute Gasteiger partial charge is 0.465 e. The molecule has 0 spiro atoms. The van der Waals surface area contributed by atoms with Gasteiger partial charge in [0.1, 0.15) is 0 Å². The summed E-state index contributed by atoms with van der Waals surface area (Å²) in [5.41, 5.74) is 1.63. The Labute approximate surface area is 161 Å². The van der Waals surface area contributed by atoms with Crippen molar-refractivity contribution in [1.29, 1.82) is 0 Å². The Morgan fingerprint density at radius 3 is 2.43 bits per heavy atom. The molecule has 1 N–H and O–H groups in total. The second kappa shape index (κ2) is 8.32. The number of halogens is 3. The van der Waals surface area contributed by atoms with Crippen LogP contribution >= 0.6 is 0 Å². The molecule has 0 aromatic heterocycles. The zero-order valence-electron chi connectivity index (χ0n) is 15.7. The van der Waals surface area contributed by atoms with Crippen molar-refractivity contribution in [2.24, 2.45) is 5.92 Å². The van der Waals surface area contributed by atoms with Crippen LogP contribution in [0.3, 0.4) is 0 Å². The van der Waals surface area contributed by atoms with Crippen LogP contribution in [0, 0.1) is 5.92 Å². The van der Waals surface area contributed by atoms with Gasteiger partial charge in [-0.1, -0.05) is 18.2 Å². The molecule has 0 aliphatic carbocycles. The molecular formula is C21H22F3NO3. The molecule has 0 radical (unpaired) electrons.